The first-order chi connectivity index (χ1) is 9.71. The smallest absolute Gasteiger partial charge is 0.203 e. The molecule has 0 radical (unpaired) electrons. The molecule has 0 amide bonds. The summed E-state index contributed by atoms with van der Waals surface area (Å²) < 4.78 is 21.0. The maximum absolute atomic E-state index is 5.64. The molecule has 1 unspecified atom stereocenters. The average Bonchev–Trinajstić information content (AvgIpc) is 2.50. The van der Waals surface area contributed by atoms with Crippen LogP contribution in [0.4, 0.5) is 0 Å². The number of nitrogens with one attached hydrogen (secondary N) is 1. The molecule has 0 aliphatic carbocycles. The Morgan fingerprint density at radius 1 is 1.05 bits per heavy atom. The van der Waals surface area contributed by atoms with Crippen molar-refractivity contribution in [2.45, 2.75) is 18.9 Å². The summed E-state index contributed by atoms with van der Waals surface area (Å²) in [6.07, 6.45) is 1.75. The molecule has 1 aromatic carbocycles. The molecule has 114 valence electrons. The molecule has 0 fully saturated rings. The van der Waals surface area contributed by atoms with E-state index in [2.05, 4.69) is 5.43 Å². The zero-order chi connectivity index (χ0) is 15.0. The predicted octanol–water partition coefficient (Wildman–Crippen LogP) is 1.64. The van der Waals surface area contributed by atoms with Crippen molar-refractivity contribution >= 4 is 0 Å². The molecule has 0 aliphatic rings. The quantitative estimate of drug-likeness (QED) is 0.408. The van der Waals surface area contributed by atoms with E-state index in [1.54, 1.807) is 28.4 Å². The minimum absolute atomic E-state index is 0.00106. The van der Waals surface area contributed by atoms with Gasteiger partial charge in [-0.3, -0.25) is 11.3 Å². The Labute approximate surface area is 120 Å². The van der Waals surface area contributed by atoms with Crippen molar-refractivity contribution in [3.8, 4) is 17.2 Å². The fourth-order valence-corrected chi connectivity index (χ4v) is 2.08. The lowest BCUT2D eigenvalue weighted by Crippen LogP contribution is -2.28. The summed E-state index contributed by atoms with van der Waals surface area (Å²) in [5.74, 6) is 7.45. The van der Waals surface area contributed by atoms with Gasteiger partial charge in [-0.2, -0.15) is 0 Å². The van der Waals surface area contributed by atoms with Crippen molar-refractivity contribution in [1.82, 2.24) is 5.43 Å². The molecule has 0 aliphatic heterocycles. The molecule has 0 saturated carbocycles. The molecule has 1 atom stereocenters. The molecular weight excluding hydrogens is 260 g/mol. The van der Waals surface area contributed by atoms with Crippen molar-refractivity contribution in [3.63, 3.8) is 0 Å². The number of hydrazine groups is 1. The van der Waals surface area contributed by atoms with E-state index < -0.39 is 0 Å². The average molecular weight is 284 g/mol. The van der Waals surface area contributed by atoms with E-state index in [9.17, 15) is 0 Å². The van der Waals surface area contributed by atoms with Gasteiger partial charge in [0.1, 0.15) is 0 Å². The van der Waals surface area contributed by atoms with Gasteiger partial charge >= 0.3 is 0 Å². The van der Waals surface area contributed by atoms with Crippen LogP contribution < -0.4 is 25.5 Å². The van der Waals surface area contributed by atoms with Gasteiger partial charge in [-0.25, -0.2) is 0 Å². The van der Waals surface area contributed by atoms with E-state index in [0.29, 0.717) is 23.9 Å². The van der Waals surface area contributed by atoms with E-state index in [0.717, 1.165) is 18.4 Å². The fourth-order valence-electron chi connectivity index (χ4n) is 2.08. The Bertz CT molecular complexity index is 387. The van der Waals surface area contributed by atoms with Crippen molar-refractivity contribution < 1.29 is 18.9 Å². The highest BCUT2D eigenvalue weighted by Crippen LogP contribution is 2.40. The molecular formula is C14H24N2O4. The molecule has 6 heteroatoms. The van der Waals surface area contributed by atoms with Crippen LogP contribution in [0.1, 0.15) is 24.4 Å². The molecule has 0 aromatic heterocycles. The van der Waals surface area contributed by atoms with Gasteiger partial charge in [-0.15, -0.1) is 0 Å². The molecule has 0 heterocycles. The number of hydrogen-bond acceptors (Lipinski definition) is 6. The maximum Gasteiger partial charge on any atom is 0.203 e. The van der Waals surface area contributed by atoms with Crippen LogP contribution in [0.15, 0.2) is 12.1 Å². The summed E-state index contributed by atoms with van der Waals surface area (Å²) >= 11 is 0. The number of ether oxygens (including phenoxy) is 4. The number of rotatable bonds is 9. The van der Waals surface area contributed by atoms with E-state index in [4.69, 9.17) is 24.8 Å². The molecule has 3 N–H and O–H groups in total. The Morgan fingerprint density at radius 2 is 1.65 bits per heavy atom. The molecule has 0 saturated heterocycles. The second-order valence-electron chi connectivity index (χ2n) is 4.31. The monoisotopic (exact) mass is 284 g/mol. The summed E-state index contributed by atoms with van der Waals surface area (Å²) in [6.45, 7) is 0.697. The lowest BCUT2D eigenvalue weighted by Gasteiger charge is -2.20. The molecule has 1 aromatic rings. The zero-order valence-corrected chi connectivity index (χ0v) is 12.6. The highest BCUT2D eigenvalue weighted by Gasteiger charge is 2.17. The Morgan fingerprint density at radius 3 is 2.05 bits per heavy atom. The van der Waals surface area contributed by atoms with Crippen LogP contribution >= 0.6 is 0 Å². The standard InChI is InChI=1S/C14H24N2O4/c1-17-7-5-6-11(16-15)10-8-12(18-2)14(20-4)13(9-10)19-3/h8-9,11,16H,5-7,15H2,1-4H3. The van der Waals surface area contributed by atoms with Gasteiger partial charge in [0.05, 0.1) is 21.3 Å². The number of hydrogen-bond donors (Lipinski definition) is 2. The van der Waals surface area contributed by atoms with Crippen LogP contribution in [0, 0.1) is 0 Å². The first-order valence-electron chi connectivity index (χ1n) is 6.46. The van der Waals surface area contributed by atoms with Gasteiger partial charge in [0.25, 0.3) is 0 Å². The van der Waals surface area contributed by atoms with Crippen molar-refractivity contribution in [1.29, 1.82) is 0 Å². The highest BCUT2D eigenvalue weighted by atomic mass is 16.5. The van der Waals surface area contributed by atoms with Crippen molar-refractivity contribution in [2.75, 3.05) is 35.0 Å². The Hall–Kier alpha value is -1.50. The van der Waals surface area contributed by atoms with Crippen LogP contribution in [0.2, 0.25) is 0 Å². The van der Waals surface area contributed by atoms with Gasteiger partial charge in [0.2, 0.25) is 5.75 Å². The number of methoxy groups -OCH3 is 4. The molecule has 0 spiro atoms. The van der Waals surface area contributed by atoms with Crippen LogP contribution in [-0.2, 0) is 4.74 Å². The first kappa shape index (κ1) is 16.6. The third-order valence-corrected chi connectivity index (χ3v) is 3.13. The van der Waals surface area contributed by atoms with E-state index in [1.807, 2.05) is 12.1 Å². The van der Waals surface area contributed by atoms with Crippen LogP contribution in [0.25, 0.3) is 0 Å². The third kappa shape index (κ3) is 4.00. The highest BCUT2D eigenvalue weighted by molar-refractivity contribution is 5.54. The topological polar surface area (TPSA) is 75.0 Å². The van der Waals surface area contributed by atoms with E-state index in [-0.39, 0.29) is 6.04 Å². The lowest BCUT2D eigenvalue weighted by molar-refractivity contribution is 0.188. The Balaban J connectivity index is 3.03. The Kier molecular flexibility index (Phi) is 7.14. The van der Waals surface area contributed by atoms with Gasteiger partial charge in [-0.1, -0.05) is 0 Å². The summed E-state index contributed by atoms with van der Waals surface area (Å²) in [5.41, 5.74) is 3.79. The molecule has 6 nitrogen and oxygen atoms in total. The van der Waals surface area contributed by atoms with Crippen LogP contribution in [0.5, 0.6) is 17.2 Å². The first-order valence-corrected chi connectivity index (χ1v) is 6.46. The van der Waals surface area contributed by atoms with Gasteiger partial charge < -0.3 is 18.9 Å². The molecule has 20 heavy (non-hydrogen) atoms. The van der Waals surface area contributed by atoms with E-state index >= 15 is 0 Å². The van der Waals surface area contributed by atoms with Crippen LogP contribution in [0.3, 0.4) is 0 Å². The normalized spacial score (nSPS) is 12.1. The van der Waals surface area contributed by atoms with Crippen LogP contribution in [-0.4, -0.2) is 35.0 Å². The predicted molar refractivity (Wildman–Crippen MR) is 77.3 cm³/mol. The van der Waals surface area contributed by atoms with Gasteiger partial charge in [0, 0.05) is 19.8 Å². The van der Waals surface area contributed by atoms with Crippen molar-refractivity contribution in [3.05, 3.63) is 17.7 Å². The minimum Gasteiger partial charge on any atom is -0.493 e. The molecule has 0 bridgehead atoms. The maximum atomic E-state index is 5.64. The van der Waals surface area contributed by atoms with Gasteiger partial charge in [0.15, 0.2) is 11.5 Å². The minimum atomic E-state index is -0.00106. The third-order valence-electron chi connectivity index (χ3n) is 3.13. The summed E-state index contributed by atoms with van der Waals surface area (Å²) in [7, 11) is 6.45. The zero-order valence-electron chi connectivity index (χ0n) is 12.6. The number of benzene rings is 1. The second kappa shape index (κ2) is 8.63. The summed E-state index contributed by atoms with van der Waals surface area (Å²) in [5, 5.41) is 0. The number of nitrogens with two attached hydrogens (primary N) is 1. The second-order valence-corrected chi connectivity index (χ2v) is 4.31. The largest absolute Gasteiger partial charge is 0.493 e. The fraction of sp³-hybridized carbons (Fsp3) is 0.571. The lowest BCUT2D eigenvalue weighted by atomic mass is 10.0. The molecule has 1 rings (SSSR count). The van der Waals surface area contributed by atoms with Crippen molar-refractivity contribution in [2.24, 2.45) is 5.84 Å². The van der Waals surface area contributed by atoms with E-state index in [1.165, 1.54) is 0 Å². The summed E-state index contributed by atoms with van der Waals surface area (Å²) in [4.78, 5) is 0. The summed E-state index contributed by atoms with van der Waals surface area (Å²) in [6, 6.07) is 3.80. The SMILES string of the molecule is COCCCC(NN)c1cc(OC)c(OC)c(OC)c1. The van der Waals surface area contributed by atoms with Gasteiger partial charge in [-0.05, 0) is 30.5 Å².